The average molecular weight is 597 g/mol. The smallest absolute Gasteiger partial charge is 0.410 e. The Bertz CT molecular complexity index is 1340. The molecule has 1 aromatic carbocycles. The number of carbonyl (C=O) groups excluding carboxylic acids is 2. The summed E-state index contributed by atoms with van der Waals surface area (Å²) in [6.07, 6.45) is -0.268. The fourth-order valence-electron chi connectivity index (χ4n) is 4.89. The Morgan fingerprint density at radius 2 is 1.97 bits per heavy atom. The molecule has 2 atom stereocenters. The fourth-order valence-corrected chi connectivity index (χ4v) is 6.42. The van der Waals surface area contributed by atoms with Crippen molar-refractivity contribution in [2.75, 3.05) is 17.2 Å². The maximum absolute atomic E-state index is 14.0. The summed E-state index contributed by atoms with van der Waals surface area (Å²) < 4.78 is 49.0. The minimum Gasteiger partial charge on any atom is -0.462 e. The predicted molar refractivity (Wildman–Crippen MR) is 137 cm³/mol. The van der Waals surface area contributed by atoms with Gasteiger partial charge in [-0.1, -0.05) is 28.1 Å². The van der Waals surface area contributed by atoms with Crippen LogP contribution < -0.4 is 10.6 Å². The molecule has 0 saturated heterocycles. The zero-order chi connectivity index (χ0) is 26.3. The molecule has 1 amide bonds. The van der Waals surface area contributed by atoms with Gasteiger partial charge in [-0.25, -0.2) is 9.48 Å². The first-order valence-electron chi connectivity index (χ1n) is 12.0. The van der Waals surface area contributed by atoms with Gasteiger partial charge in [0.2, 0.25) is 0 Å². The molecule has 1 aliphatic heterocycles. The number of nitrogens with one attached hydrogen (secondary N) is 2. The number of nitrogens with zero attached hydrogens (tertiary/aromatic N) is 2. The standard InChI is InChI=1S/C25H24BrF3N4O3S/c1-2-36-24(35)20-15-5-3-4-6-18(15)37-23(20)32-22(34)16-12-30-33-19(25(27,28)29)11-17(31-21(16)33)13-7-9-14(26)10-8-13/h7-10,12,17,19,31H,2-6,11H2,1H3,(H,32,34)/t17-,19+/m1/s1. The Morgan fingerprint density at radius 1 is 1.24 bits per heavy atom. The number of esters is 1. The van der Waals surface area contributed by atoms with Crippen LogP contribution in [-0.2, 0) is 17.6 Å². The number of anilines is 2. The van der Waals surface area contributed by atoms with Crippen LogP contribution in [0.3, 0.4) is 0 Å². The number of hydrogen-bond donors (Lipinski definition) is 2. The lowest BCUT2D eigenvalue weighted by Gasteiger charge is -2.34. The molecule has 2 aromatic heterocycles. The molecular weight excluding hydrogens is 573 g/mol. The van der Waals surface area contributed by atoms with Crippen molar-refractivity contribution in [1.29, 1.82) is 0 Å². The van der Waals surface area contributed by atoms with Crippen LogP contribution in [0.2, 0.25) is 0 Å². The first kappa shape index (κ1) is 25.8. The van der Waals surface area contributed by atoms with E-state index in [0.29, 0.717) is 22.5 Å². The maximum atomic E-state index is 14.0. The van der Waals surface area contributed by atoms with E-state index in [1.807, 2.05) is 0 Å². The lowest BCUT2D eigenvalue weighted by Crippen LogP contribution is -2.36. The van der Waals surface area contributed by atoms with E-state index in [2.05, 4.69) is 31.7 Å². The highest BCUT2D eigenvalue weighted by Gasteiger charge is 2.47. The van der Waals surface area contributed by atoms with E-state index in [1.165, 1.54) is 11.3 Å². The summed E-state index contributed by atoms with van der Waals surface area (Å²) in [4.78, 5) is 27.2. The molecule has 12 heteroatoms. The number of rotatable bonds is 5. The number of amides is 1. The highest BCUT2D eigenvalue weighted by atomic mass is 79.9. The van der Waals surface area contributed by atoms with Crippen molar-refractivity contribution < 1.29 is 27.5 Å². The number of aromatic nitrogens is 2. The molecule has 3 heterocycles. The van der Waals surface area contributed by atoms with E-state index in [4.69, 9.17) is 4.74 Å². The third-order valence-electron chi connectivity index (χ3n) is 6.63. The molecule has 0 fully saturated rings. The molecule has 196 valence electrons. The zero-order valence-corrected chi connectivity index (χ0v) is 22.2. The van der Waals surface area contributed by atoms with E-state index in [0.717, 1.165) is 45.1 Å². The lowest BCUT2D eigenvalue weighted by atomic mass is 9.95. The zero-order valence-electron chi connectivity index (χ0n) is 19.8. The second-order valence-corrected chi connectivity index (χ2v) is 11.0. The van der Waals surface area contributed by atoms with Crippen molar-refractivity contribution in [2.24, 2.45) is 0 Å². The van der Waals surface area contributed by atoms with Crippen LogP contribution >= 0.6 is 27.3 Å². The topological polar surface area (TPSA) is 85.2 Å². The van der Waals surface area contributed by atoms with Crippen LogP contribution in [0.4, 0.5) is 24.0 Å². The highest BCUT2D eigenvalue weighted by molar-refractivity contribution is 9.10. The molecule has 7 nitrogen and oxygen atoms in total. The van der Waals surface area contributed by atoms with Crippen LogP contribution in [0.15, 0.2) is 34.9 Å². The minimum absolute atomic E-state index is 0.0157. The molecule has 2 N–H and O–H groups in total. The van der Waals surface area contributed by atoms with Gasteiger partial charge in [0, 0.05) is 15.8 Å². The van der Waals surface area contributed by atoms with Gasteiger partial charge in [0.05, 0.1) is 24.4 Å². The number of aryl methyl sites for hydroxylation is 1. The quantitative estimate of drug-likeness (QED) is 0.321. The van der Waals surface area contributed by atoms with Crippen molar-refractivity contribution in [1.82, 2.24) is 9.78 Å². The number of thiophene rings is 1. The number of hydrogen-bond acceptors (Lipinski definition) is 6. The molecule has 0 bridgehead atoms. The van der Waals surface area contributed by atoms with Gasteiger partial charge in [-0.3, -0.25) is 4.79 Å². The van der Waals surface area contributed by atoms with Gasteiger partial charge in [0.25, 0.3) is 5.91 Å². The van der Waals surface area contributed by atoms with Crippen LogP contribution in [0, 0.1) is 0 Å². The van der Waals surface area contributed by atoms with Crippen molar-refractivity contribution in [3.8, 4) is 0 Å². The third kappa shape index (κ3) is 5.00. The van der Waals surface area contributed by atoms with Crippen molar-refractivity contribution in [2.45, 2.75) is 57.3 Å². The number of halogens is 4. The van der Waals surface area contributed by atoms with E-state index >= 15 is 0 Å². The average Bonchev–Trinajstić information content (AvgIpc) is 3.44. The second kappa shape index (κ2) is 10.1. The number of benzene rings is 1. The molecule has 0 radical (unpaired) electrons. The molecule has 0 spiro atoms. The van der Waals surface area contributed by atoms with Crippen molar-refractivity contribution >= 4 is 50.0 Å². The molecule has 2 aliphatic rings. The van der Waals surface area contributed by atoms with Gasteiger partial charge in [0.15, 0.2) is 6.04 Å². The van der Waals surface area contributed by atoms with Crippen LogP contribution in [0.1, 0.15) is 75.0 Å². The Hall–Kier alpha value is -2.86. The van der Waals surface area contributed by atoms with Crippen LogP contribution in [0.5, 0.6) is 0 Å². The Labute approximate surface area is 223 Å². The highest BCUT2D eigenvalue weighted by Crippen LogP contribution is 2.45. The third-order valence-corrected chi connectivity index (χ3v) is 8.37. The van der Waals surface area contributed by atoms with Crippen molar-refractivity contribution in [3.05, 3.63) is 62.1 Å². The first-order chi connectivity index (χ1) is 17.7. The summed E-state index contributed by atoms with van der Waals surface area (Å²) in [5.74, 6) is -1.17. The van der Waals surface area contributed by atoms with Gasteiger partial charge in [-0.15, -0.1) is 11.3 Å². The molecule has 5 rings (SSSR count). The Balaban J connectivity index is 1.49. The van der Waals surface area contributed by atoms with Crippen LogP contribution in [0.25, 0.3) is 0 Å². The molecule has 0 saturated carbocycles. The summed E-state index contributed by atoms with van der Waals surface area (Å²) in [7, 11) is 0. The van der Waals surface area contributed by atoms with E-state index in [9.17, 15) is 22.8 Å². The lowest BCUT2D eigenvalue weighted by molar-refractivity contribution is -0.173. The van der Waals surface area contributed by atoms with Gasteiger partial charge in [0.1, 0.15) is 16.4 Å². The Kier molecular flexibility index (Phi) is 7.06. The number of fused-ring (bicyclic) bond motifs is 2. The molecular formula is C25H24BrF3N4O3S. The molecule has 1 aliphatic carbocycles. The molecule has 37 heavy (non-hydrogen) atoms. The van der Waals surface area contributed by atoms with Crippen molar-refractivity contribution in [3.63, 3.8) is 0 Å². The second-order valence-electron chi connectivity index (χ2n) is 8.98. The summed E-state index contributed by atoms with van der Waals surface area (Å²) >= 11 is 4.66. The van der Waals surface area contributed by atoms with E-state index < -0.39 is 30.1 Å². The van der Waals surface area contributed by atoms with Gasteiger partial charge in [-0.2, -0.15) is 18.3 Å². The Morgan fingerprint density at radius 3 is 2.68 bits per heavy atom. The molecule has 0 unspecified atom stereocenters. The van der Waals surface area contributed by atoms with Gasteiger partial charge < -0.3 is 15.4 Å². The summed E-state index contributed by atoms with van der Waals surface area (Å²) in [6.45, 7) is 1.90. The SMILES string of the molecule is CCOC(=O)c1c(NC(=O)c2cnn3c2N[C@@H](c2ccc(Br)cc2)C[C@H]3C(F)(F)F)sc2c1CCCC2. The predicted octanol–water partition coefficient (Wildman–Crippen LogP) is 6.68. The molecule has 3 aromatic rings. The normalized spacial score (nSPS) is 18.9. The van der Waals surface area contributed by atoms with Gasteiger partial charge >= 0.3 is 12.1 Å². The van der Waals surface area contributed by atoms with E-state index in [1.54, 1.807) is 31.2 Å². The largest absolute Gasteiger partial charge is 0.462 e. The number of carbonyl (C=O) groups is 2. The first-order valence-corrected chi connectivity index (χ1v) is 13.6. The summed E-state index contributed by atoms with van der Waals surface area (Å²) in [5.41, 5.74) is 1.85. The number of ether oxygens (including phenoxy) is 1. The summed E-state index contributed by atoms with van der Waals surface area (Å²) in [5, 5.41) is 10.2. The maximum Gasteiger partial charge on any atom is 0.410 e. The minimum atomic E-state index is -4.56. The van der Waals surface area contributed by atoms with Gasteiger partial charge in [-0.05, 0) is 55.9 Å². The monoisotopic (exact) mass is 596 g/mol. The fraction of sp³-hybridized carbons (Fsp3) is 0.400. The van der Waals surface area contributed by atoms with E-state index in [-0.39, 0.29) is 24.4 Å². The summed E-state index contributed by atoms with van der Waals surface area (Å²) in [6, 6.07) is 4.41. The number of alkyl halides is 3. The van der Waals surface area contributed by atoms with Crippen LogP contribution in [-0.4, -0.2) is 34.4 Å².